The van der Waals surface area contributed by atoms with E-state index in [1.165, 1.54) is 18.3 Å². The predicted molar refractivity (Wildman–Crippen MR) is 120 cm³/mol. The molecular formula is C23H23N3O5S. The summed E-state index contributed by atoms with van der Waals surface area (Å²) >= 11 is 1.53. The van der Waals surface area contributed by atoms with Gasteiger partial charge < -0.3 is 19.3 Å². The number of amides is 2. The van der Waals surface area contributed by atoms with Crippen molar-refractivity contribution in [3.05, 3.63) is 40.8 Å². The van der Waals surface area contributed by atoms with Gasteiger partial charge in [0, 0.05) is 40.7 Å². The van der Waals surface area contributed by atoms with Gasteiger partial charge in [0.05, 0.1) is 20.2 Å². The Labute approximate surface area is 189 Å². The van der Waals surface area contributed by atoms with E-state index in [4.69, 9.17) is 14.0 Å². The van der Waals surface area contributed by atoms with Crippen molar-refractivity contribution in [2.24, 2.45) is 0 Å². The van der Waals surface area contributed by atoms with E-state index < -0.39 is 6.09 Å². The number of carbonyl (C=O) groups excluding carboxylic acids is 2. The number of hydrogen-bond acceptors (Lipinski definition) is 7. The van der Waals surface area contributed by atoms with Gasteiger partial charge in [0.1, 0.15) is 11.8 Å². The van der Waals surface area contributed by atoms with Crippen LogP contribution in [0.4, 0.5) is 10.5 Å². The molecule has 166 valence electrons. The Balaban J connectivity index is 1.42. The fourth-order valence-corrected chi connectivity index (χ4v) is 4.97. The third-order valence-corrected chi connectivity index (χ3v) is 6.70. The van der Waals surface area contributed by atoms with Crippen LogP contribution in [0.25, 0.3) is 22.6 Å². The fourth-order valence-electron chi connectivity index (χ4n) is 4.26. The number of aryl methyl sites for hydroxylation is 1. The highest BCUT2D eigenvalue weighted by Gasteiger charge is 2.33. The molecule has 0 spiro atoms. The van der Waals surface area contributed by atoms with Gasteiger partial charge in [-0.3, -0.25) is 9.69 Å². The first-order chi connectivity index (χ1) is 15.5. The molecule has 0 unspecified atom stereocenters. The third-order valence-electron chi connectivity index (χ3n) is 5.81. The van der Waals surface area contributed by atoms with Crippen molar-refractivity contribution < 1.29 is 23.6 Å². The summed E-state index contributed by atoms with van der Waals surface area (Å²) in [6.45, 7) is 2.15. The van der Waals surface area contributed by atoms with Crippen LogP contribution in [0.2, 0.25) is 0 Å². The Bertz CT molecular complexity index is 1180. The molecule has 1 aromatic carbocycles. The Morgan fingerprint density at radius 3 is 3.00 bits per heavy atom. The summed E-state index contributed by atoms with van der Waals surface area (Å²) in [7, 11) is 1.66. The van der Waals surface area contributed by atoms with Gasteiger partial charge in [-0.1, -0.05) is 5.16 Å². The van der Waals surface area contributed by atoms with Crippen molar-refractivity contribution in [1.29, 1.82) is 0 Å². The van der Waals surface area contributed by atoms with Gasteiger partial charge in [0.15, 0.2) is 10.8 Å². The fraction of sp³-hybridized carbons (Fsp3) is 0.348. The lowest BCUT2D eigenvalue weighted by molar-refractivity contribution is -0.119. The number of fused-ring (bicyclic) bond motifs is 3. The number of aromatic nitrogens is 1. The molecule has 1 saturated heterocycles. The summed E-state index contributed by atoms with van der Waals surface area (Å²) in [4.78, 5) is 25.2. The minimum Gasteiger partial charge on any atom is -0.487 e. The average Bonchev–Trinajstić information content (AvgIpc) is 3.48. The van der Waals surface area contributed by atoms with E-state index in [0.717, 1.165) is 63.7 Å². The van der Waals surface area contributed by atoms with E-state index in [2.05, 4.69) is 10.5 Å². The van der Waals surface area contributed by atoms with Crippen LogP contribution in [0.1, 0.15) is 24.5 Å². The van der Waals surface area contributed by atoms with Gasteiger partial charge in [0.2, 0.25) is 5.91 Å². The zero-order valence-corrected chi connectivity index (χ0v) is 18.7. The van der Waals surface area contributed by atoms with Crippen molar-refractivity contribution >= 4 is 29.0 Å². The van der Waals surface area contributed by atoms with Crippen LogP contribution in [0.3, 0.4) is 0 Å². The van der Waals surface area contributed by atoms with Gasteiger partial charge in [-0.25, -0.2) is 4.79 Å². The highest BCUT2D eigenvalue weighted by Crippen LogP contribution is 2.41. The molecule has 2 amide bonds. The molecule has 32 heavy (non-hydrogen) atoms. The summed E-state index contributed by atoms with van der Waals surface area (Å²) in [6, 6.07) is 7.91. The minimum absolute atomic E-state index is 0.146. The number of thiophene rings is 1. The first kappa shape index (κ1) is 20.6. The molecule has 3 heterocycles. The Morgan fingerprint density at radius 2 is 2.22 bits per heavy atom. The molecule has 8 nitrogen and oxygen atoms in total. The van der Waals surface area contributed by atoms with Crippen LogP contribution in [0, 0.1) is 0 Å². The van der Waals surface area contributed by atoms with Crippen LogP contribution < -0.4 is 15.0 Å². The van der Waals surface area contributed by atoms with Gasteiger partial charge in [-0.15, -0.1) is 11.3 Å². The lowest BCUT2D eigenvalue weighted by atomic mass is 10.0. The lowest BCUT2D eigenvalue weighted by Crippen LogP contribution is -2.33. The van der Waals surface area contributed by atoms with Crippen molar-refractivity contribution in [1.82, 2.24) is 10.5 Å². The maximum atomic E-state index is 12.4. The Morgan fingerprint density at radius 1 is 1.34 bits per heavy atom. The number of rotatable bonds is 5. The topological polar surface area (TPSA) is 93.9 Å². The number of hydrogen-bond donors (Lipinski definition) is 1. The zero-order valence-electron chi connectivity index (χ0n) is 17.8. The Kier molecular flexibility index (Phi) is 5.34. The highest BCUT2D eigenvalue weighted by atomic mass is 32.1. The van der Waals surface area contributed by atoms with E-state index in [1.54, 1.807) is 12.0 Å². The largest absolute Gasteiger partial charge is 0.487 e. The van der Waals surface area contributed by atoms with Crippen molar-refractivity contribution in [3.8, 4) is 27.6 Å². The molecule has 1 fully saturated rings. The number of benzene rings is 1. The summed E-state index contributed by atoms with van der Waals surface area (Å²) in [5, 5.41) is 9.94. The van der Waals surface area contributed by atoms with Gasteiger partial charge in [-0.05, 0) is 43.0 Å². The highest BCUT2D eigenvalue weighted by molar-refractivity contribution is 7.12. The van der Waals surface area contributed by atoms with Gasteiger partial charge in [0.25, 0.3) is 0 Å². The van der Waals surface area contributed by atoms with Crippen LogP contribution >= 0.6 is 11.3 Å². The van der Waals surface area contributed by atoms with Gasteiger partial charge in [-0.2, -0.15) is 0 Å². The van der Waals surface area contributed by atoms with Crippen LogP contribution in [-0.4, -0.2) is 43.5 Å². The molecule has 1 aliphatic carbocycles. The van der Waals surface area contributed by atoms with Crippen LogP contribution in [0.15, 0.2) is 34.2 Å². The number of cyclic esters (lactones) is 1. The number of carbonyl (C=O) groups is 2. The molecule has 0 bridgehead atoms. The maximum Gasteiger partial charge on any atom is 0.414 e. The Hall–Kier alpha value is -3.33. The molecule has 9 heteroatoms. The molecule has 1 aliphatic heterocycles. The summed E-state index contributed by atoms with van der Waals surface area (Å²) in [5.74, 6) is 0.643. The predicted octanol–water partition coefficient (Wildman–Crippen LogP) is 4.03. The SMILES string of the molecule is COc1cc(-c2noc3c2CCCc2cc(N4C[C@H](CNC(C)=O)OC4=O)ccc2-3)cs1. The smallest absolute Gasteiger partial charge is 0.414 e. The molecule has 3 aromatic rings. The van der Waals surface area contributed by atoms with E-state index in [9.17, 15) is 9.59 Å². The monoisotopic (exact) mass is 453 g/mol. The van der Waals surface area contributed by atoms with Gasteiger partial charge >= 0.3 is 6.09 Å². The standard InChI is InChI=1S/C23H23N3O5S/c1-13(27)24-10-17-11-26(23(28)30-17)16-6-7-18-14(8-16)4-3-5-19-21(25-31-22(18)19)15-9-20(29-2)32-12-15/h6-9,12,17H,3-5,10-11H2,1-2H3,(H,24,27)/t17-/m0/s1. The van der Waals surface area contributed by atoms with Crippen LogP contribution in [-0.2, 0) is 22.4 Å². The number of ether oxygens (including phenoxy) is 2. The molecule has 2 aromatic heterocycles. The summed E-state index contributed by atoms with van der Waals surface area (Å²) < 4.78 is 16.5. The summed E-state index contributed by atoms with van der Waals surface area (Å²) in [5.41, 5.74) is 5.87. The number of methoxy groups -OCH3 is 1. The van der Waals surface area contributed by atoms with Crippen molar-refractivity contribution in [2.45, 2.75) is 32.3 Å². The first-order valence-corrected chi connectivity index (χ1v) is 11.4. The molecule has 2 aliphatic rings. The second-order valence-corrected chi connectivity index (χ2v) is 8.82. The average molecular weight is 454 g/mol. The van der Waals surface area contributed by atoms with E-state index >= 15 is 0 Å². The first-order valence-electron chi connectivity index (χ1n) is 10.5. The molecule has 0 radical (unpaired) electrons. The lowest BCUT2D eigenvalue weighted by Gasteiger charge is -2.15. The van der Waals surface area contributed by atoms with E-state index in [1.807, 2.05) is 29.6 Å². The minimum atomic E-state index is -0.400. The normalized spacial score (nSPS) is 17.4. The molecular weight excluding hydrogens is 430 g/mol. The second kappa shape index (κ2) is 8.31. The van der Waals surface area contributed by atoms with E-state index in [-0.39, 0.29) is 12.0 Å². The maximum absolute atomic E-state index is 12.4. The zero-order chi connectivity index (χ0) is 22.2. The van der Waals surface area contributed by atoms with E-state index in [0.29, 0.717) is 13.1 Å². The third kappa shape index (κ3) is 3.73. The summed E-state index contributed by atoms with van der Waals surface area (Å²) in [6.07, 6.45) is 1.92. The molecule has 1 N–H and O–H groups in total. The van der Waals surface area contributed by atoms with Crippen molar-refractivity contribution in [3.63, 3.8) is 0 Å². The van der Waals surface area contributed by atoms with Crippen LogP contribution in [0.5, 0.6) is 5.06 Å². The number of anilines is 1. The molecule has 1 atom stereocenters. The second-order valence-electron chi connectivity index (χ2n) is 7.95. The molecule has 5 rings (SSSR count). The quantitative estimate of drug-likeness (QED) is 0.627. The number of nitrogens with zero attached hydrogens (tertiary/aromatic N) is 2. The van der Waals surface area contributed by atoms with Crippen molar-refractivity contribution in [2.75, 3.05) is 25.1 Å². The molecule has 0 saturated carbocycles. The number of nitrogens with one attached hydrogen (secondary N) is 1.